The van der Waals surface area contributed by atoms with Crippen molar-refractivity contribution in [2.24, 2.45) is 10.9 Å². The number of benzene rings is 6. The number of aromatic nitrogens is 1. The molecule has 0 saturated heterocycles. The first-order chi connectivity index (χ1) is 23.1. The summed E-state index contributed by atoms with van der Waals surface area (Å²) in [6, 6.07) is 42.6. The third kappa shape index (κ3) is 6.41. The highest BCUT2D eigenvalue weighted by molar-refractivity contribution is 7.21. The largest absolute Gasteiger partial charge is 0.507 e. The maximum absolute atomic E-state index is 10.6. The van der Waals surface area contributed by atoms with E-state index in [1.165, 1.54) is 33.0 Å². The SMILES string of the molecule is CC(C)Cc1ccc(-c2cc(-c3cccc4ccccc34)c3nc(-c4ccccc4N=Cc4cc(C(C)(C)C)ccc4O)sc3c2)cc1. The van der Waals surface area contributed by atoms with Crippen LogP contribution in [0, 0.1) is 5.92 Å². The minimum Gasteiger partial charge on any atom is -0.507 e. The molecule has 4 heteroatoms. The summed E-state index contributed by atoms with van der Waals surface area (Å²) in [7, 11) is 0. The van der Waals surface area contributed by atoms with Crippen LogP contribution >= 0.6 is 11.3 Å². The van der Waals surface area contributed by atoms with Crippen molar-refractivity contribution in [2.45, 2.75) is 46.5 Å². The van der Waals surface area contributed by atoms with Crippen LogP contribution in [0.1, 0.15) is 51.3 Å². The van der Waals surface area contributed by atoms with Gasteiger partial charge in [-0.05, 0) is 92.7 Å². The Hall–Kier alpha value is -5.06. The Morgan fingerprint density at radius 3 is 2.27 bits per heavy atom. The van der Waals surface area contributed by atoms with Crippen LogP contribution in [0.2, 0.25) is 0 Å². The standard InChI is InChI=1S/C44H40N2OS/c1-28(2)23-29-17-19-30(20-18-29)32-25-38(36-15-10-12-31-11-6-7-13-35(31)36)42-41(26-32)48-43(46-42)37-14-8-9-16-39(37)45-27-33-24-34(44(3,4)5)21-22-40(33)47/h6-22,24-28,47H,23H2,1-5H3. The van der Waals surface area contributed by atoms with Crippen molar-refractivity contribution in [3.63, 3.8) is 0 Å². The number of fused-ring (bicyclic) bond motifs is 2. The van der Waals surface area contributed by atoms with Crippen molar-refractivity contribution >= 4 is 44.2 Å². The van der Waals surface area contributed by atoms with Crippen molar-refractivity contribution in [3.05, 3.63) is 138 Å². The monoisotopic (exact) mass is 644 g/mol. The van der Waals surface area contributed by atoms with Crippen molar-refractivity contribution in [1.82, 2.24) is 4.98 Å². The number of phenols is 1. The van der Waals surface area contributed by atoms with E-state index >= 15 is 0 Å². The molecule has 0 radical (unpaired) electrons. The average molecular weight is 645 g/mol. The van der Waals surface area contributed by atoms with Crippen LogP contribution in [0.3, 0.4) is 0 Å². The van der Waals surface area contributed by atoms with Crippen LogP contribution in [0.4, 0.5) is 5.69 Å². The minimum atomic E-state index is -0.0358. The van der Waals surface area contributed by atoms with Gasteiger partial charge in [0.1, 0.15) is 10.8 Å². The fraction of sp³-hybridized carbons (Fsp3) is 0.182. The normalized spacial score (nSPS) is 12.1. The molecule has 238 valence electrons. The number of para-hydroxylation sites is 1. The Labute approximate surface area is 287 Å². The molecule has 7 aromatic rings. The molecule has 0 bridgehead atoms. The molecule has 1 aromatic heterocycles. The second kappa shape index (κ2) is 12.9. The van der Waals surface area contributed by atoms with Gasteiger partial charge >= 0.3 is 0 Å². The van der Waals surface area contributed by atoms with Crippen molar-refractivity contribution in [3.8, 4) is 38.6 Å². The van der Waals surface area contributed by atoms with Gasteiger partial charge in [-0.1, -0.05) is 120 Å². The lowest BCUT2D eigenvalue weighted by molar-refractivity contribution is 0.473. The lowest BCUT2D eigenvalue weighted by Crippen LogP contribution is -2.11. The van der Waals surface area contributed by atoms with Gasteiger partial charge in [0.15, 0.2) is 0 Å². The van der Waals surface area contributed by atoms with E-state index in [0.29, 0.717) is 11.5 Å². The summed E-state index contributed by atoms with van der Waals surface area (Å²) < 4.78 is 1.13. The zero-order valence-electron chi connectivity index (χ0n) is 28.2. The summed E-state index contributed by atoms with van der Waals surface area (Å²) in [5, 5.41) is 14.0. The molecule has 0 fully saturated rings. The fourth-order valence-corrected chi connectivity index (χ4v) is 7.38. The molecular formula is C44H40N2OS. The van der Waals surface area contributed by atoms with Gasteiger partial charge in [-0.3, -0.25) is 4.99 Å². The number of nitrogens with zero attached hydrogens (tertiary/aromatic N) is 2. The smallest absolute Gasteiger partial charge is 0.126 e. The summed E-state index contributed by atoms with van der Waals surface area (Å²) in [4.78, 5) is 10.2. The van der Waals surface area contributed by atoms with E-state index in [2.05, 4.69) is 120 Å². The van der Waals surface area contributed by atoms with E-state index in [0.717, 1.165) is 44.0 Å². The van der Waals surface area contributed by atoms with Crippen molar-refractivity contribution < 1.29 is 5.11 Å². The van der Waals surface area contributed by atoms with Crippen LogP contribution < -0.4 is 0 Å². The third-order valence-electron chi connectivity index (χ3n) is 8.88. The summed E-state index contributed by atoms with van der Waals surface area (Å²) >= 11 is 1.70. The maximum atomic E-state index is 10.6. The lowest BCUT2D eigenvalue weighted by Gasteiger charge is -2.19. The Morgan fingerprint density at radius 1 is 0.750 bits per heavy atom. The number of hydrogen-bond donors (Lipinski definition) is 1. The predicted octanol–water partition coefficient (Wildman–Crippen LogP) is 12.4. The maximum Gasteiger partial charge on any atom is 0.126 e. The quantitative estimate of drug-likeness (QED) is 0.176. The van der Waals surface area contributed by atoms with Gasteiger partial charge in [-0.2, -0.15) is 0 Å². The molecule has 0 aliphatic carbocycles. The molecular weight excluding hydrogens is 605 g/mol. The van der Waals surface area contributed by atoms with E-state index in [1.54, 1.807) is 23.6 Å². The van der Waals surface area contributed by atoms with Gasteiger partial charge in [-0.15, -0.1) is 11.3 Å². The van der Waals surface area contributed by atoms with Crippen LogP contribution in [0.5, 0.6) is 5.75 Å². The first-order valence-electron chi connectivity index (χ1n) is 16.6. The molecule has 0 amide bonds. The van der Waals surface area contributed by atoms with E-state index in [4.69, 9.17) is 9.98 Å². The summed E-state index contributed by atoms with van der Waals surface area (Å²) in [5.74, 6) is 0.834. The Bertz CT molecular complexity index is 2280. The summed E-state index contributed by atoms with van der Waals surface area (Å²) in [6.07, 6.45) is 2.83. The predicted molar refractivity (Wildman–Crippen MR) is 206 cm³/mol. The number of phenolic OH excluding ortho intramolecular Hbond substituents is 1. The molecule has 0 atom stereocenters. The van der Waals surface area contributed by atoms with Gasteiger partial charge in [0.25, 0.3) is 0 Å². The molecule has 0 unspecified atom stereocenters. The number of aromatic hydroxyl groups is 1. The van der Waals surface area contributed by atoms with Gasteiger partial charge < -0.3 is 5.11 Å². The van der Waals surface area contributed by atoms with E-state index in [1.807, 2.05) is 30.3 Å². The van der Waals surface area contributed by atoms with Crippen molar-refractivity contribution in [1.29, 1.82) is 0 Å². The van der Waals surface area contributed by atoms with Crippen LogP contribution in [-0.2, 0) is 11.8 Å². The lowest BCUT2D eigenvalue weighted by atomic mass is 9.86. The Kier molecular flexibility index (Phi) is 8.45. The van der Waals surface area contributed by atoms with E-state index < -0.39 is 0 Å². The Balaban J connectivity index is 1.37. The molecule has 48 heavy (non-hydrogen) atoms. The van der Waals surface area contributed by atoms with Gasteiger partial charge in [0.05, 0.1) is 15.9 Å². The highest BCUT2D eigenvalue weighted by atomic mass is 32.1. The third-order valence-corrected chi connectivity index (χ3v) is 9.91. The number of rotatable bonds is 7. The second-order valence-electron chi connectivity index (χ2n) is 14.0. The molecule has 6 aromatic carbocycles. The topological polar surface area (TPSA) is 45.5 Å². The fourth-order valence-electron chi connectivity index (χ4n) is 6.31. The zero-order valence-corrected chi connectivity index (χ0v) is 29.0. The summed E-state index contributed by atoms with van der Waals surface area (Å²) in [5.41, 5.74) is 10.6. The minimum absolute atomic E-state index is 0.0358. The zero-order chi connectivity index (χ0) is 33.4. The molecule has 0 aliphatic heterocycles. The second-order valence-corrected chi connectivity index (χ2v) is 15.0. The first kappa shape index (κ1) is 31.5. The van der Waals surface area contributed by atoms with Gasteiger partial charge in [-0.25, -0.2) is 4.98 Å². The van der Waals surface area contributed by atoms with E-state index in [-0.39, 0.29) is 11.2 Å². The number of thiazole rings is 1. The van der Waals surface area contributed by atoms with E-state index in [9.17, 15) is 5.11 Å². The molecule has 0 spiro atoms. The molecule has 0 saturated carbocycles. The molecule has 1 N–H and O–H groups in total. The number of hydrogen-bond acceptors (Lipinski definition) is 4. The van der Waals surface area contributed by atoms with Crippen molar-refractivity contribution in [2.75, 3.05) is 0 Å². The summed E-state index contributed by atoms with van der Waals surface area (Å²) in [6.45, 7) is 11.0. The van der Waals surface area contributed by atoms with Crippen LogP contribution in [-0.4, -0.2) is 16.3 Å². The highest BCUT2D eigenvalue weighted by Gasteiger charge is 2.18. The first-order valence-corrected chi connectivity index (χ1v) is 17.4. The van der Waals surface area contributed by atoms with Crippen LogP contribution in [0.15, 0.2) is 126 Å². The average Bonchev–Trinajstić information content (AvgIpc) is 3.51. The molecule has 1 heterocycles. The highest BCUT2D eigenvalue weighted by Crippen LogP contribution is 2.43. The molecule has 0 aliphatic rings. The van der Waals surface area contributed by atoms with Gasteiger partial charge in [0.2, 0.25) is 0 Å². The molecule has 3 nitrogen and oxygen atoms in total. The van der Waals surface area contributed by atoms with Crippen LogP contribution in [0.25, 0.3) is 53.8 Å². The Morgan fingerprint density at radius 2 is 1.48 bits per heavy atom. The number of aliphatic imine (C=N–C) groups is 1. The van der Waals surface area contributed by atoms with Gasteiger partial charge in [0, 0.05) is 22.9 Å². The molecule has 7 rings (SSSR count).